The Labute approximate surface area is 209 Å². The smallest absolute Gasteiger partial charge is 0.301 e. The largest absolute Gasteiger partial charge is 0.453 e. The predicted molar refractivity (Wildman–Crippen MR) is 125 cm³/mol. The van der Waals surface area contributed by atoms with Crippen LogP contribution in [0.15, 0.2) is 35.4 Å². The Morgan fingerprint density at radius 3 is 2.62 bits per heavy atom. The van der Waals surface area contributed by atoms with Crippen molar-refractivity contribution in [2.45, 2.75) is 19.3 Å². The lowest BCUT2D eigenvalue weighted by Crippen LogP contribution is -2.62. The van der Waals surface area contributed by atoms with Crippen LogP contribution in [0.1, 0.15) is 24.8 Å². The molecule has 1 N–H and O–H groups in total. The fraction of sp³-hybridized carbons (Fsp3) is 0.348. The SMILES string of the molecule is N#Cc1c(NS(=O)(=O)N2CC3(CCC3)C2)cc(F)c(F)c1Oc1ccc2ncn(OCCF)c(=O)c2c1. The van der Waals surface area contributed by atoms with Gasteiger partial charge in [0, 0.05) is 19.2 Å². The zero-order valence-corrected chi connectivity index (χ0v) is 20.0. The van der Waals surface area contributed by atoms with Crippen LogP contribution >= 0.6 is 0 Å². The van der Waals surface area contributed by atoms with Gasteiger partial charge in [-0.25, -0.2) is 13.8 Å². The second-order valence-corrected chi connectivity index (χ2v) is 10.6. The average Bonchev–Trinajstić information content (AvgIpc) is 2.80. The minimum absolute atomic E-state index is 0.0183. The molecule has 0 radical (unpaired) electrons. The number of alkyl halides is 1. The Hall–Kier alpha value is -3.83. The average molecular weight is 536 g/mol. The third kappa shape index (κ3) is 4.44. The number of benzene rings is 2. The number of nitrogens with zero attached hydrogens (tertiary/aromatic N) is 4. The molecular weight excluding hydrogens is 515 g/mol. The first-order valence-corrected chi connectivity index (χ1v) is 12.7. The lowest BCUT2D eigenvalue weighted by Gasteiger charge is -2.54. The topological polar surface area (TPSA) is 127 Å². The van der Waals surface area contributed by atoms with Gasteiger partial charge in [-0.15, -0.1) is 4.73 Å². The Balaban J connectivity index is 1.47. The molecule has 194 valence electrons. The number of hydrogen-bond acceptors (Lipinski definition) is 7. The highest BCUT2D eigenvalue weighted by molar-refractivity contribution is 7.90. The monoisotopic (exact) mass is 535 g/mol. The summed E-state index contributed by atoms with van der Waals surface area (Å²) in [5.41, 5.74) is -1.59. The summed E-state index contributed by atoms with van der Waals surface area (Å²) in [7, 11) is -4.13. The summed E-state index contributed by atoms with van der Waals surface area (Å²) in [6.07, 6.45) is 3.96. The van der Waals surface area contributed by atoms with Crippen LogP contribution < -0.4 is 19.9 Å². The lowest BCUT2D eigenvalue weighted by molar-refractivity contribution is -0.00752. The summed E-state index contributed by atoms with van der Waals surface area (Å²) in [5.74, 6) is -4.00. The fourth-order valence-electron chi connectivity index (χ4n) is 4.45. The molecule has 0 atom stereocenters. The van der Waals surface area contributed by atoms with Gasteiger partial charge in [0.15, 0.2) is 11.6 Å². The highest BCUT2D eigenvalue weighted by Gasteiger charge is 2.51. The summed E-state index contributed by atoms with van der Waals surface area (Å²) < 4.78 is 76.8. The van der Waals surface area contributed by atoms with Gasteiger partial charge in [-0.1, -0.05) is 6.42 Å². The standard InChI is InChI=1S/C23H20F3N5O5S/c24-6-7-35-31-13-28-18-3-2-14(8-15(18)22(31)32)36-21-16(10-27)19(9-17(25)20(21)26)29-37(33,34)30-11-23(12-30)4-1-5-23/h2-3,8-9,13,29H,1,4-7,11-12H2. The molecule has 0 bridgehead atoms. The Morgan fingerprint density at radius 2 is 1.97 bits per heavy atom. The highest BCUT2D eigenvalue weighted by Crippen LogP contribution is 2.49. The third-order valence-electron chi connectivity index (χ3n) is 6.53. The molecule has 37 heavy (non-hydrogen) atoms. The molecule has 2 heterocycles. The molecule has 0 unspecified atom stereocenters. The molecule has 2 aromatic carbocycles. The van der Waals surface area contributed by atoms with E-state index in [1.165, 1.54) is 16.4 Å². The van der Waals surface area contributed by atoms with E-state index in [0.29, 0.717) is 23.9 Å². The molecule has 1 saturated carbocycles. The van der Waals surface area contributed by atoms with E-state index >= 15 is 0 Å². The summed E-state index contributed by atoms with van der Waals surface area (Å²) in [6.45, 7) is -0.599. The Bertz CT molecular complexity index is 1590. The van der Waals surface area contributed by atoms with Crippen molar-refractivity contribution in [2.75, 3.05) is 31.1 Å². The van der Waals surface area contributed by atoms with Crippen molar-refractivity contribution in [3.8, 4) is 17.6 Å². The van der Waals surface area contributed by atoms with Crippen LogP contribution in [0, 0.1) is 28.4 Å². The minimum atomic E-state index is -4.13. The van der Waals surface area contributed by atoms with Gasteiger partial charge in [-0.3, -0.25) is 9.52 Å². The van der Waals surface area contributed by atoms with Crippen molar-refractivity contribution in [1.29, 1.82) is 5.26 Å². The number of halogens is 3. The predicted octanol–water partition coefficient (Wildman–Crippen LogP) is 2.88. The first-order chi connectivity index (χ1) is 17.7. The minimum Gasteiger partial charge on any atom is -0.453 e. The van der Waals surface area contributed by atoms with E-state index in [0.717, 1.165) is 31.7 Å². The van der Waals surface area contributed by atoms with Crippen LogP contribution in [0.3, 0.4) is 0 Å². The summed E-state index contributed by atoms with van der Waals surface area (Å²) in [4.78, 5) is 21.6. The quantitative estimate of drug-likeness (QED) is 0.470. The lowest BCUT2D eigenvalue weighted by atomic mass is 9.65. The van der Waals surface area contributed by atoms with E-state index in [1.54, 1.807) is 6.07 Å². The van der Waals surface area contributed by atoms with Crippen LogP contribution in [0.5, 0.6) is 11.5 Å². The third-order valence-corrected chi connectivity index (χ3v) is 7.95. The molecule has 2 fully saturated rings. The van der Waals surface area contributed by atoms with Gasteiger partial charge < -0.3 is 9.57 Å². The number of fused-ring (bicyclic) bond motifs is 1. The van der Waals surface area contributed by atoms with E-state index in [1.807, 2.05) is 0 Å². The Kier molecular flexibility index (Phi) is 6.20. The van der Waals surface area contributed by atoms with Gasteiger partial charge in [-0.05, 0) is 36.5 Å². The van der Waals surface area contributed by atoms with Gasteiger partial charge in [-0.2, -0.15) is 22.4 Å². The summed E-state index contributed by atoms with van der Waals surface area (Å²) in [5, 5.41) is 9.64. The number of nitrogens with one attached hydrogen (secondary N) is 1. The fourth-order valence-corrected chi connectivity index (χ4v) is 5.91. The summed E-state index contributed by atoms with van der Waals surface area (Å²) in [6, 6.07) is 6.05. The first-order valence-electron chi connectivity index (χ1n) is 11.2. The number of anilines is 1. The Morgan fingerprint density at radius 1 is 1.22 bits per heavy atom. The molecule has 1 aliphatic heterocycles. The van der Waals surface area contributed by atoms with Crippen LogP contribution in [-0.4, -0.2) is 48.8 Å². The van der Waals surface area contributed by atoms with Crippen molar-refractivity contribution >= 4 is 26.8 Å². The zero-order chi connectivity index (χ0) is 26.4. The van der Waals surface area contributed by atoms with Crippen LogP contribution in [0.25, 0.3) is 10.9 Å². The maximum absolute atomic E-state index is 14.8. The molecule has 0 amide bonds. The zero-order valence-electron chi connectivity index (χ0n) is 19.2. The van der Waals surface area contributed by atoms with Gasteiger partial charge in [0.25, 0.3) is 5.56 Å². The van der Waals surface area contributed by atoms with Crippen molar-refractivity contribution in [3.05, 3.63) is 58.1 Å². The molecule has 1 aromatic heterocycles. The summed E-state index contributed by atoms with van der Waals surface area (Å²) >= 11 is 0. The molecule has 5 rings (SSSR count). The molecule has 1 saturated heterocycles. The van der Waals surface area contributed by atoms with E-state index < -0.39 is 51.1 Å². The van der Waals surface area contributed by atoms with Crippen molar-refractivity contribution < 1.29 is 31.2 Å². The molecule has 3 aromatic rings. The van der Waals surface area contributed by atoms with Crippen LogP contribution in [0.4, 0.5) is 18.9 Å². The van der Waals surface area contributed by atoms with Crippen molar-refractivity contribution in [1.82, 2.24) is 14.0 Å². The van der Waals surface area contributed by atoms with E-state index in [4.69, 9.17) is 9.57 Å². The molecule has 1 aliphatic carbocycles. The molecule has 2 aliphatic rings. The number of rotatable bonds is 8. The second-order valence-electron chi connectivity index (χ2n) is 8.94. The van der Waals surface area contributed by atoms with Crippen LogP contribution in [0.2, 0.25) is 0 Å². The second kappa shape index (κ2) is 9.24. The van der Waals surface area contributed by atoms with Gasteiger partial charge in [0.05, 0.1) is 16.6 Å². The number of aromatic nitrogens is 2. The van der Waals surface area contributed by atoms with Crippen LogP contribution in [-0.2, 0) is 10.2 Å². The van der Waals surface area contributed by atoms with E-state index in [2.05, 4.69) is 9.71 Å². The number of ether oxygens (including phenoxy) is 1. The maximum Gasteiger partial charge on any atom is 0.301 e. The van der Waals surface area contributed by atoms with Crippen molar-refractivity contribution in [3.63, 3.8) is 0 Å². The van der Waals surface area contributed by atoms with E-state index in [-0.39, 0.29) is 28.7 Å². The number of nitriles is 1. The van der Waals surface area contributed by atoms with Crippen molar-refractivity contribution in [2.24, 2.45) is 5.41 Å². The molecular formula is C23H20F3N5O5S. The maximum atomic E-state index is 14.8. The van der Waals surface area contributed by atoms with Gasteiger partial charge >= 0.3 is 10.2 Å². The number of hydrogen-bond donors (Lipinski definition) is 1. The molecule has 10 nitrogen and oxygen atoms in total. The van der Waals surface area contributed by atoms with Gasteiger partial charge in [0.2, 0.25) is 5.82 Å². The highest BCUT2D eigenvalue weighted by atomic mass is 32.2. The van der Waals surface area contributed by atoms with E-state index in [9.17, 15) is 31.6 Å². The normalized spacial score (nSPS) is 16.6. The first kappa shape index (κ1) is 24.8. The van der Waals surface area contributed by atoms with Gasteiger partial charge in [0.1, 0.15) is 37.0 Å². The molecule has 1 spiro atoms. The molecule has 14 heteroatoms.